The second-order valence-corrected chi connectivity index (χ2v) is 4.97. The summed E-state index contributed by atoms with van der Waals surface area (Å²) in [5, 5.41) is 0. The van der Waals surface area contributed by atoms with Gasteiger partial charge in [0.2, 0.25) is 0 Å². The number of benzene rings is 1. The molecule has 2 N–H and O–H groups in total. The van der Waals surface area contributed by atoms with Gasteiger partial charge in [0.05, 0.1) is 12.7 Å². The Kier molecular flexibility index (Phi) is 3.92. The molecule has 0 aliphatic rings. The smallest absolute Gasteiger partial charge is 0.0921 e. The summed E-state index contributed by atoms with van der Waals surface area (Å²) in [5.74, 6) is 0. The fraction of sp³-hybridized carbons (Fsp3) is 0.250. The monoisotopic (exact) mass is 266 g/mol. The third-order valence-corrected chi connectivity index (χ3v) is 3.50. The molecule has 0 aliphatic heterocycles. The molecule has 4 nitrogen and oxygen atoms in total. The largest absolute Gasteiger partial charge is 0.348 e. The summed E-state index contributed by atoms with van der Waals surface area (Å²) in [6.45, 7) is 0. The number of nitrogens with zero attached hydrogens (tertiary/aromatic N) is 2. The minimum absolute atomic E-state index is 1.01. The summed E-state index contributed by atoms with van der Waals surface area (Å²) in [4.78, 5) is 14.3. The summed E-state index contributed by atoms with van der Waals surface area (Å²) in [5.41, 5.74) is 5.11. The van der Waals surface area contributed by atoms with Crippen LogP contribution in [0.5, 0.6) is 0 Å². The summed E-state index contributed by atoms with van der Waals surface area (Å²) in [6, 6.07) is 8.88. The molecule has 0 atom stereocenters. The SMILES string of the molecule is c1ncc(CCc2ccc(CCc3cnc[nH]3)cc2)[nH]1. The lowest BCUT2D eigenvalue weighted by molar-refractivity contribution is 0.909. The van der Waals surface area contributed by atoms with Gasteiger partial charge >= 0.3 is 0 Å². The average molecular weight is 266 g/mol. The van der Waals surface area contributed by atoms with E-state index in [1.165, 1.54) is 22.5 Å². The Morgan fingerprint density at radius 3 is 1.45 bits per heavy atom. The van der Waals surface area contributed by atoms with Gasteiger partial charge in [-0.3, -0.25) is 0 Å². The van der Waals surface area contributed by atoms with Crippen LogP contribution in [0.25, 0.3) is 0 Å². The molecule has 0 fully saturated rings. The second kappa shape index (κ2) is 6.19. The van der Waals surface area contributed by atoms with Gasteiger partial charge in [-0.15, -0.1) is 0 Å². The fourth-order valence-corrected chi connectivity index (χ4v) is 2.27. The van der Waals surface area contributed by atoms with Crippen molar-refractivity contribution in [2.75, 3.05) is 0 Å². The molecule has 0 saturated carbocycles. The lowest BCUT2D eigenvalue weighted by atomic mass is 10.0. The maximum Gasteiger partial charge on any atom is 0.0921 e. The quantitative estimate of drug-likeness (QED) is 0.720. The summed E-state index contributed by atoms with van der Waals surface area (Å²) >= 11 is 0. The Morgan fingerprint density at radius 2 is 1.10 bits per heavy atom. The highest BCUT2D eigenvalue weighted by molar-refractivity contribution is 5.24. The topological polar surface area (TPSA) is 57.4 Å². The van der Waals surface area contributed by atoms with Crippen LogP contribution in [0.2, 0.25) is 0 Å². The van der Waals surface area contributed by atoms with E-state index in [1.807, 2.05) is 12.4 Å². The van der Waals surface area contributed by atoms with Crippen molar-refractivity contribution in [3.05, 3.63) is 71.8 Å². The highest BCUT2D eigenvalue weighted by Crippen LogP contribution is 2.10. The Hall–Kier alpha value is -2.36. The minimum Gasteiger partial charge on any atom is -0.348 e. The third-order valence-electron chi connectivity index (χ3n) is 3.50. The van der Waals surface area contributed by atoms with Crippen LogP contribution < -0.4 is 0 Å². The van der Waals surface area contributed by atoms with E-state index in [1.54, 1.807) is 12.7 Å². The first kappa shape index (κ1) is 12.7. The van der Waals surface area contributed by atoms with Gasteiger partial charge in [0.15, 0.2) is 0 Å². The van der Waals surface area contributed by atoms with Crippen LogP contribution in [0.3, 0.4) is 0 Å². The van der Waals surface area contributed by atoms with Crippen LogP contribution in [-0.4, -0.2) is 19.9 Å². The number of hydrogen-bond acceptors (Lipinski definition) is 2. The molecule has 0 aliphatic carbocycles. The van der Waals surface area contributed by atoms with Crippen molar-refractivity contribution in [2.45, 2.75) is 25.7 Å². The Balaban J connectivity index is 1.51. The summed E-state index contributed by atoms with van der Waals surface area (Å²) in [7, 11) is 0. The highest BCUT2D eigenvalue weighted by Gasteiger charge is 1.99. The van der Waals surface area contributed by atoms with Crippen LogP contribution in [0, 0.1) is 0 Å². The van der Waals surface area contributed by atoms with Crippen LogP contribution in [-0.2, 0) is 25.7 Å². The number of nitrogens with one attached hydrogen (secondary N) is 2. The minimum atomic E-state index is 1.01. The van der Waals surface area contributed by atoms with E-state index in [2.05, 4.69) is 44.2 Å². The number of aromatic amines is 2. The molecular formula is C16H18N4. The molecule has 0 amide bonds. The molecule has 2 heterocycles. The lowest BCUT2D eigenvalue weighted by Gasteiger charge is -2.03. The van der Waals surface area contributed by atoms with Gasteiger partial charge in [-0.25, -0.2) is 9.97 Å². The molecule has 0 spiro atoms. The first-order chi connectivity index (χ1) is 9.90. The van der Waals surface area contributed by atoms with E-state index in [4.69, 9.17) is 0 Å². The molecule has 0 radical (unpaired) electrons. The molecule has 0 unspecified atom stereocenters. The van der Waals surface area contributed by atoms with E-state index in [0.29, 0.717) is 0 Å². The van der Waals surface area contributed by atoms with Crippen molar-refractivity contribution in [2.24, 2.45) is 0 Å². The number of H-pyrrole nitrogens is 2. The van der Waals surface area contributed by atoms with E-state index < -0.39 is 0 Å². The molecular weight excluding hydrogens is 248 g/mol. The van der Waals surface area contributed by atoms with E-state index in [0.717, 1.165) is 25.7 Å². The predicted molar refractivity (Wildman–Crippen MR) is 78.4 cm³/mol. The Labute approximate surface area is 118 Å². The van der Waals surface area contributed by atoms with Gasteiger partial charge in [0.1, 0.15) is 0 Å². The van der Waals surface area contributed by atoms with Crippen LogP contribution in [0.4, 0.5) is 0 Å². The van der Waals surface area contributed by atoms with Crippen molar-refractivity contribution in [3.63, 3.8) is 0 Å². The van der Waals surface area contributed by atoms with Gasteiger partial charge in [-0.05, 0) is 36.8 Å². The zero-order valence-corrected chi connectivity index (χ0v) is 11.3. The Morgan fingerprint density at radius 1 is 0.650 bits per heavy atom. The zero-order chi connectivity index (χ0) is 13.6. The predicted octanol–water partition coefficient (Wildman–Crippen LogP) is 2.70. The second-order valence-electron chi connectivity index (χ2n) is 4.97. The molecule has 1 aromatic carbocycles. The maximum absolute atomic E-state index is 4.03. The molecule has 3 aromatic rings. The molecule has 0 saturated heterocycles. The normalized spacial score (nSPS) is 10.8. The van der Waals surface area contributed by atoms with Crippen molar-refractivity contribution >= 4 is 0 Å². The summed E-state index contributed by atoms with van der Waals surface area (Å²) < 4.78 is 0. The number of aryl methyl sites for hydroxylation is 4. The van der Waals surface area contributed by atoms with Crippen LogP contribution in [0.15, 0.2) is 49.3 Å². The fourth-order valence-electron chi connectivity index (χ4n) is 2.27. The molecule has 2 aromatic heterocycles. The van der Waals surface area contributed by atoms with E-state index in [-0.39, 0.29) is 0 Å². The van der Waals surface area contributed by atoms with Crippen molar-refractivity contribution in [1.29, 1.82) is 0 Å². The number of imidazole rings is 2. The number of hydrogen-bond donors (Lipinski definition) is 2. The third kappa shape index (κ3) is 3.35. The molecule has 3 rings (SSSR count). The van der Waals surface area contributed by atoms with Gasteiger partial charge < -0.3 is 9.97 Å². The Bertz CT molecular complexity index is 552. The van der Waals surface area contributed by atoms with Crippen molar-refractivity contribution in [1.82, 2.24) is 19.9 Å². The van der Waals surface area contributed by atoms with Crippen LogP contribution >= 0.6 is 0 Å². The highest BCUT2D eigenvalue weighted by atomic mass is 14.9. The molecule has 102 valence electrons. The standard InChI is InChI=1S/C16H18N4/c1-2-14(6-8-16-10-18-12-20-16)4-3-13(1)5-7-15-9-17-11-19-15/h1-4,9-12H,5-8H2,(H,17,19)(H,18,20). The van der Waals surface area contributed by atoms with E-state index >= 15 is 0 Å². The maximum atomic E-state index is 4.03. The van der Waals surface area contributed by atoms with Gasteiger partial charge in [0, 0.05) is 23.8 Å². The van der Waals surface area contributed by atoms with Gasteiger partial charge in [0.25, 0.3) is 0 Å². The number of rotatable bonds is 6. The molecule has 4 heteroatoms. The van der Waals surface area contributed by atoms with Crippen LogP contribution in [0.1, 0.15) is 22.5 Å². The van der Waals surface area contributed by atoms with E-state index in [9.17, 15) is 0 Å². The van der Waals surface area contributed by atoms with Crippen molar-refractivity contribution in [3.8, 4) is 0 Å². The summed E-state index contributed by atoms with van der Waals surface area (Å²) in [6.07, 6.45) is 11.3. The van der Waals surface area contributed by atoms with Gasteiger partial charge in [-0.1, -0.05) is 24.3 Å². The molecule has 20 heavy (non-hydrogen) atoms. The first-order valence-electron chi connectivity index (χ1n) is 6.92. The van der Waals surface area contributed by atoms with Crippen molar-refractivity contribution < 1.29 is 0 Å². The number of aromatic nitrogens is 4. The average Bonchev–Trinajstić information content (AvgIpc) is 3.17. The molecule has 0 bridgehead atoms. The first-order valence-corrected chi connectivity index (χ1v) is 6.92. The zero-order valence-electron chi connectivity index (χ0n) is 11.3. The lowest BCUT2D eigenvalue weighted by Crippen LogP contribution is -1.94. The van der Waals surface area contributed by atoms with Gasteiger partial charge in [-0.2, -0.15) is 0 Å².